The molecule has 1 N–H and O–H groups in total. The molecule has 0 bridgehead atoms. The largest absolute Gasteiger partial charge is 0.309 e. The summed E-state index contributed by atoms with van der Waals surface area (Å²) in [6.07, 6.45) is 0. The predicted molar refractivity (Wildman–Crippen MR) is 75.8 cm³/mol. The zero-order valence-corrected chi connectivity index (χ0v) is 11.8. The van der Waals surface area contributed by atoms with E-state index in [0.29, 0.717) is 6.54 Å². The molecule has 2 aromatic carbocycles. The molecule has 94 valence electrons. The van der Waals surface area contributed by atoms with Crippen LogP contribution in [0.5, 0.6) is 0 Å². The third-order valence-corrected chi connectivity index (χ3v) is 3.16. The zero-order chi connectivity index (χ0) is 13.0. The van der Waals surface area contributed by atoms with E-state index < -0.39 is 0 Å². The van der Waals surface area contributed by atoms with Crippen LogP contribution in [0.1, 0.15) is 16.7 Å². The molecule has 0 radical (unpaired) electrons. The quantitative estimate of drug-likeness (QED) is 0.893. The van der Waals surface area contributed by atoms with Gasteiger partial charge in [-0.3, -0.25) is 0 Å². The van der Waals surface area contributed by atoms with Crippen LogP contribution in [-0.2, 0) is 13.1 Å². The summed E-state index contributed by atoms with van der Waals surface area (Å²) in [5.74, 6) is -0.212. The van der Waals surface area contributed by atoms with Crippen LogP contribution in [0.15, 0.2) is 46.9 Å². The lowest BCUT2D eigenvalue weighted by atomic mass is 10.1. The van der Waals surface area contributed by atoms with Crippen LogP contribution in [-0.4, -0.2) is 0 Å². The van der Waals surface area contributed by atoms with Crippen molar-refractivity contribution in [1.82, 2.24) is 5.32 Å². The number of nitrogens with one attached hydrogen (secondary N) is 1. The van der Waals surface area contributed by atoms with E-state index in [9.17, 15) is 4.39 Å². The van der Waals surface area contributed by atoms with E-state index in [1.165, 1.54) is 17.2 Å². The van der Waals surface area contributed by atoms with Gasteiger partial charge in [0.2, 0.25) is 0 Å². The molecule has 0 aromatic heterocycles. The Kier molecular flexibility index (Phi) is 4.50. The van der Waals surface area contributed by atoms with E-state index in [4.69, 9.17) is 0 Å². The normalized spacial score (nSPS) is 10.6. The fourth-order valence-electron chi connectivity index (χ4n) is 1.77. The van der Waals surface area contributed by atoms with Crippen LogP contribution in [0.3, 0.4) is 0 Å². The number of aryl methyl sites for hydroxylation is 1. The maximum Gasteiger partial charge on any atom is 0.124 e. The minimum absolute atomic E-state index is 0.212. The highest BCUT2D eigenvalue weighted by Gasteiger charge is 1.99. The lowest BCUT2D eigenvalue weighted by Gasteiger charge is -2.06. The summed E-state index contributed by atoms with van der Waals surface area (Å²) in [6, 6.07) is 13.3. The Morgan fingerprint density at radius 2 is 1.67 bits per heavy atom. The molecule has 1 nitrogen and oxygen atoms in total. The SMILES string of the molecule is Cc1ccc(CNCc2cc(F)cc(Br)c2)cc1. The van der Waals surface area contributed by atoms with Crippen molar-refractivity contribution in [3.8, 4) is 0 Å². The average molecular weight is 308 g/mol. The fourth-order valence-corrected chi connectivity index (χ4v) is 2.28. The van der Waals surface area contributed by atoms with Crippen molar-refractivity contribution >= 4 is 15.9 Å². The van der Waals surface area contributed by atoms with Crippen LogP contribution in [0.25, 0.3) is 0 Å². The van der Waals surface area contributed by atoms with E-state index in [2.05, 4.69) is 52.4 Å². The van der Waals surface area contributed by atoms with Gasteiger partial charge >= 0.3 is 0 Å². The molecule has 0 heterocycles. The summed E-state index contributed by atoms with van der Waals surface area (Å²) in [5.41, 5.74) is 3.43. The molecule has 0 amide bonds. The first-order chi connectivity index (χ1) is 8.63. The highest BCUT2D eigenvalue weighted by molar-refractivity contribution is 9.10. The van der Waals surface area contributed by atoms with Crippen molar-refractivity contribution in [2.45, 2.75) is 20.0 Å². The number of hydrogen-bond acceptors (Lipinski definition) is 1. The standard InChI is InChI=1S/C15H15BrFN/c1-11-2-4-12(5-3-11)9-18-10-13-6-14(16)8-15(17)7-13/h2-8,18H,9-10H2,1H3. The maximum absolute atomic E-state index is 13.2. The van der Waals surface area contributed by atoms with Gasteiger partial charge in [-0.2, -0.15) is 0 Å². The average Bonchev–Trinajstić information content (AvgIpc) is 2.30. The number of benzene rings is 2. The minimum Gasteiger partial charge on any atom is -0.309 e. The van der Waals surface area contributed by atoms with Gasteiger partial charge in [0.25, 0.3) is 0 Å². The van der Waals surface area contributed by atoms with E-state index in [-0.39, 0.29) is 5.82 Å². The summed E-state index contributed by atoms with van der Waals surface area (Å²) >= 11 is 3.29. The lowest BCUT2D eigenvalue weighted by Crippen LogP contribution is -2.12. The third-order valence-electron chi connectivity index (χ3n) is 2.70. The monoisotopic (exact) mass is 307 g/mol. The molecule has 2 aromatic rings. The Morgan fingerprint density at radius 3 is 2.33 bits per heavy atom. The zero-order valence-electron chi connectivity index (χ0n) is 10.2. The summed E-state index contributed by atoms with van der Waals surface area (Å²) in [4.78, 5) is 0. The number of halogens is 2. The van der Waals surface area contributed by atoms with Crippen molar-refractivity contribution in [3.63, 3.8) is 0 Å². The summed E-state index contributed by atoms with van der Waals surface area (Å²) in [7, 11) is 0. The van der Waals surface area contributed by atoms with Crippen molar-refractivity contribution in [2.75, 3.05) is 0 Å². The van der Waals surface area contributed by atoms with Crippen LogP contribution < -0.4 is 5.32 Å². The summed E-state index contributed by atoms with van der Waals surface area (Å²) in [5, 5.41) is 3.30. The first-order valence-electron chi connectivity index (χ1n) is 5.85. The van der Waals surface area contributed by atoms with Crippen molar-refractivity contribution < 1.29 is 4.39 Å². The van der Waals surface area contributed by atoms with Crippen LogP contribution in [0.2, 0.25) is 0 Å². The second kappa shape index (κ2) is 6.12. The molecule has 0 unspecified atom stereocenters. The van der Waals surface area contributed by atoms with Gasteiger partial charge in [0.15, 0.2) is 0 Å². The van der Waals surface area contributed by atoms with Gasteiger partial charge in [0.1, 0.15) is 5.82 Å². The molecule has 0 saturated heterocycles. The second-order valence-corrected chi connectivity index (χ2v) is 5.28. The van der Waals surface area contributed by atoms with Crippen molar-refractivity contribution in [3.05, 3.63) is 69.4 Å². The topological polar surface area (TPSA) is 12.0 Å². The van der Waals surface area contributed by atoms with E-state index in [0.717, 1.165) is 16.6 Å². The summed E-state index contributed by atoms with van der Waals surface area (Å²) in [6.45, 7) is 3.51. The van der Waals surface area contributed by atoms with Crippen LogP contribution in [0, 0.1) is 12.7 Å². The Morgan fingerprint density at radius 1 is 1.00 bits per heavy atom. The van der Waals surface area contributed by atoms with Gasteiger partial charge < -0.3 is 5.32 Å². The number of rotatable bonds is 4. The third kappa shape index (κ3) is 3.93. The summed E-state index contributed by atoms with van der Waals surface area (Å²) < 4.78 is 13.9. The van der Waals surface area contributed by atoms with Gasteiger partial charge in [-0.15, -0.1) is 0 Å². The lowest BCUT2D eigenvalue weighted by molar-refractivity contribution is 0.619. The van der Waals surface area contributed by atoms with Crippen LogP contribution >= 0.6 is 15.9 Å². The molecule has 0 saturated carbocycles. The van der Waals surface area contributed by atoms with Crippen molar-refractivity contribution in [1.29, 1.82) is 0 Å². The second-order valence-electron chi connectivity index (χ2n) is 4.37. The Bertz CT molecular complexity index is 502. The number of hydrogen-bond donors (Lipinski definition) is 1. The Balaban J connectivity index is 1.90. The maximum atomic E-state index is 13.2. The highest BCUT2D eigenvalue weighted by Crippen LogP contribution is 2.14. The van der Waals surface area contributed by atoms with E-state index in [1.807, 2.05) is 6.07 Å². The van der Waals surface area contributed by atoms with E-state index in [1.54, 1.807) is 6.07 Å². The van der Waals surface area contributed by atoms with Gasteiger partial charge in [0, 0.05) is 17.6 Å². The molecule has 0 aliphatic heterocycles. The molecule has 0 spiro atoms. The Hall–Kier alpha value is -1.19. The first-order valence-corrected chi connectivity index (χ1v) is 6.64. The fraction of sp³-hybridized carbons (Fsp3) is 0.200. The van der Waals surface area contributed by atoms with Gasteiger partial charge in [0.05, 0.1) is 0 Å². The first kappa shape index (κ1) is 13.2. The molecule has 0 aliphatic carbocycles. The molecular formula is C15H15BrFN. The van der Waals surface area contributed by atoms with E-state index >= 15 is 0 Å². The van der Waals surface area contributed by atoms with Gasteiger partial charge in [-0.1, -0.05) is 45.8 Å². The highest BCUT2D eigenvalue weighted by atomic mass is 79.9. The Labute approximate surface area is 115 Å². The smallest absolute Gasteiger partial charge is 0.124 e. The van der Waals surface area contributed by atoms with Crippen molar-refractivity contribution in [2.24, 2.45) is 0 Å². The van der Waals surface area contributed by atoms with Gasteiger partial charge in [-0.05, 0) is 36.2 Å². The molecule has 0 aliphatic rings. The molecule has 0 fully saturated rings. The molecule has 3 heteroatoms. The molecule has 0 atom stereocenters. The minimum atomic E-state index is -0.212. The van der Waals surface area contributed by atoms with Gasteiger partial charge in [-0.25, -0.2) is 4.39 Å². The molecule has 2 rings (SSSR count). The molecule has 18 heavy (non-hydrogen) atoms. The predicted octanol–water partition coefficient (Wildman–Crippen LogP) is 4.19. The van der Waals surface area contributed by atoms with Crippen LogP contribution in [0.4, 0.5) is 4.39 Å². The molecular weight excluding hydrogens is 293 g/mol.